The molecule has 2 aromatic rings. The third kappa shape index (κ3) is 6.51. The van der Waals surface area contributed by atoms with Crippen LogP contribution in [0.2, 0.25) is 5.02 Å². The van der Waals surface area contributed by atoms with E-state index in [-0.39, 0.29) is 0 Å². The number of hydrogen-bond donors (Lipinski definition) is 2. The summed E-state index contributed by atoms with van der Waals surface area (Å²) < 4.78 is 0. The first kappa shape index (κ1) is 20.6. The number of halogens is 1. The summed E-state index contributed by atoms with van der Waals surface area (Å²) in [4.78, 5) is 25.9. The van der Waals surface area contributed by atoms with Crippen molar-refractivity contribution in [2.24, 2.45) is 0 Å². The predicted octanol–water partition coefficient (Wildman–Crippen LogP) is 3.88. The minimum absolute atomic E-state index is 0.514. The molecule has 1 fully saturated rings. The number of hydrogen-bond acceptors (Lipinski definition) is 4. The first-order valence-electron chi connectivity index (χ1n) is 8.42. The van der Waals surface area contributed by atoms with Crippen molar-refractivity contribution in [3.63, 3.8) is 0 Å². The van der Waals surface area contributed by atoms with Crippen LogP contribution in [0, 0.1) is 0 Å². The fourth-order valence-corrected chi connectivity index (χ4v) is 3.04. The van der Waals surface area contributed by atoms with Gasteiger partial charge in [0.2, 0.25) is 0 Å². The third-order valence-electron chi connectivity index (χ3n) is 4.21. The van der Waals surface area contributed by atoms with Crippen molar-refractivity contribution in [2.45, 2.75) is 18.9 Å². The summed E-state index contributed by atoms with van der Waals surface area (Å²) in [7, 11) is 2.19. The van der Waals surface area contributed by atoms with Crippen molar-refractivity contribution in [1.82, 2.24) is 9.88 Å². The molecule has 1 unspecified atom stereocenters. The maximum Gasteiger partial charge on any atom is 0.328 e. The molecule has 1 atom stereocenters. The molecule has 142 valence electrons. The molecule has 1 aliphatic rings. The summed E-state index contributed by atoms with van der Waals surface area (Å²) in [5.41, 5.74) is 3.64. The molecule has 0 radical (unpaired) electrons. The zero-order valence-corrected chi connectivity index (χ0v) is 15.6. The quantitative estimate of drug-likeness (QED) is 0.772. The number of pyridine rings is 1. The molecule has 1 aromatic heterocycles. The Morgan fingerprint density at radius 3 is 2.26 bits per heavy atom. The van der Waals surface area contributed by atoms with Gasteiger partial charge in [-0.2, -0.15) is 0 Å². The molecule has 2 heterocycles. The molecule has 7 heteroatoms. The highest BCUT2D eigenvalue weighted by Gasteiger charge is 2.22. The van der Waals surface area contributed by atoms with Gasteiger partial charge in [-0.25, -0.2) is 9.59 Å². The third-order valence-corrected chi connectivity index (χ3v) is 4.46. The number of rotatable bonds is 4. The van der Waals surface area contributed by atoms with Crippen LogP contribution >= 0.6 is 11.6 Å². The highest BCUT2D eigenvalue weighted by Crippen LogP contribution is 2.32. The fraction of sp³-hybridized carbons (Fsp3) is 0.250. The van der Waals surface area contributed by atoms with Crippen LogP contribution in [0.15, 0.2) is 54.9 Å². The van der Waals surface area contributed by atoms with E-state index in [1.807, 2.05) is 36.7 Å². The number of carboxylic acids is 2. The van der Waals surface area contributed by atoms with Gasteiger partial charge in [-0.3, -0.25) is 9.88 Å². The molecule has 1 aromatic carbocycles. The van der Waals surface area contributed by atoms with Gasteiger partial charge < -0.3 is 10.2 Å². The van der Waals surface area contributed by atoms with E-state index in [1.165, 1.54) is 30.5 Å². The Hall–Kier alpha value is -2.70. The van der Waals surface area contributed by atoms with Gasteiger partial charge in [0.25, 0.3) is 0 Å². The molecule has 2 N–H and O–H groups in total. The lowest BCUT2D eigenvalue weighted by Gasteiger charge is -2.19. The van der Waals surface area contributed by atoms with Gasteiger partial charge >= 0.3 is 11.9 Å². The van der Waals surface area contributed by atoms with Gasteiger partial charge in [0, 0.05) is 41.2 Å². The van der Waals surface area contributed by atoms with E-state index >= 15 is 0 Å². The van der Waals surface area contributed by atoms with Crippen LogP contribution in [-0.4, -0.2) is 45.6 Å². The number of nitrogens with zero attached hydrogens (tertiary/aromatic N) is 2. The zero-order chi connectivity index (χ0) is 19.8. The number of likely N-dealkylation sites (tertiary alicyclic amines) is 1. The summed E-state index contributed by atoms with van der Waals surface area (Å²) in [5.74, 6) is -2.51. The molecule has 27 heavy (non-hydrogen) atoms. The Labute approximate surface area is 162 Å². The SMILES string of the molecule is CN1CCCC1c1cncc(-c2ccc(Cl)cc2)c1.O=C(O)/C=C/C(=O)O. The van der Waals surface area contributed by atoms with Gasteiger partial charge in [0.1, 0.15) is 0 Å². The Morgan fingerprint density at radius 2 is 1.74 bits per heavy atom. The topological polar surface area (TPSA) is 90.7 Å². The normalized spacial score (nSPS) is 16.7. The van der Waals surface area contributed by atoms with E-state index in [4.69, 9.17) is 21.8 Å². The van der Waals surface area contributed by atoms with Crippen molar-refractivity contribution in [3.8, 4) is 11.1 Å². The summed E-state index contributed by atoms with van der Waals surface area (Å²) in [6, 6.07) is 10.7. The predicted molar refractivity (Wildman–Crippen MR) is 104 cm³/mol. The van der Waals surface area contributed by atoms with Crippen molar-refractivity contribution >= 4 is 23.5 Å². The van der Waals surface area contributed by atoms with Gasteiger partial charge in [-0.15, -0.1) is 0 Å². The van der Waals surface area contributed by atoms with Gasteiger partial charge in [-0.05, 0) is 55.8 Å². The van der Waals surface area contributed by atoms with E-state index in [2.05, 4.69) is 23.0 Å². The summed E-state index contributed by atoms with van der Waals surface area (Å²) in [6.07, 6.45) is 7.52. The standard InChI is InChI=1S/C16H17ClN2.C4H4O4/c1-19-8-2-3-16(19)14-9-13(10-18-11-14)12-4-6-15(17)7-5-12;5-3(6)1-2-4(7)8/h4-7,9-11,16H,2-3,8H2,1H3;1-2H,(H,5,6)(H,7,8)/b;2-1+. The monoisotopic (exact) mass is 388 g/mol. The van der Waals surface area contributed by atoms with Crippen molar-refractivity contribution in [1.29, 1.82) is 0 Å². The maximum atomic E-state index is 9.55. The van der Waals surface area contributed by atoms with Crippen LogP contribution in [0.5, 0.6) is 0 Å². The Kier molecular flexibility index (Phi) is 7.52. The minimum atomic E-state index is -1.26. The lowest BCUT2D eigenvalue weighted by molar-refractivity contribution is -0.134. The smallest absolute Gasteiger partial charge is 0.328 e. The summed E-state index contributed by atoms with van der Waals surface area (Å²) >= 11 is 5.93. The number of aromatic nitrogens is 1. The molecule has 0 bridgehead atoms. The molecule has 1 aliphatic heterocycles. The van der Waals surface area contributed by atoms with E-state index in [0.29, 0.717) is 18.2 Å². The molecule has 6 nitrogen and oxygen atoms in total. The summed E-state index contributed by atoms with van der Waals surface area (Å²) in [5, 5.41) is 16.4. The average Bonchev–Trinajstić information content (AvgIpc) is 3.07. The lowest BCUT2D eigenvalue weighted by Crippen LogP contribution is -2.17. The molecule has 0 aliphatic carbocycles. The van der Waals surface area contributed by atoms with Crippen molar-refractivity contribution in [2.75, 3.05) is 13.6 Å². The highest BCUT2D eigenvalue weighted by atomic mass is 35.5. The lowest BCUT2D eigenvalue weighted by atomic mass is 10.0. The minimum Gasteiger partial charge on any atom is -0.478 e. The highest BCUT2D eigenvalue weighted by molar-refractivity contribution is 6.30. The number of carboxylic acid groups (broad SMARTS) is 2. The van der Waals surface area contributed by atoms with E-state index in [1.54, 1.807) is 0 Å². The van der Waals surface area contributed by atoms with Crippen LogP contribution in [0.25, 0.3) is 11.1 Å². The number of benzene rings is 1. The second kappa shape index (κ2) is 9.85. The molecule has 0 amide bonds. The average molecular weight is 389 g/mol. The van der Waals surface area contributed by atoms with Gasteiger partial charge in [0.05, 0.1) is 0 Å². The van der Waals surface area contributed by atoms with Crippen LogP contribution < -0.4 is 0 Å². The van der Waals surface area contributed by atoms with E-state index < -0.39 is 11.9 Å². The summed E-state index contributed by atoms with van der Waals surface area (Å²) in [6.45, 7) is 1.18. The van der Waals surface area contributed by atoms with Gasteiger partial charge in [-0.1, -0.05) is 23.7 Å². The Morgan fingerprint density at radius 1 is 1.11 bits per heavy atom. The maximum absolute atomic E-state index is 9.55. The van der Waals surface area contributed by atoms with Crippen LogP contribution in [0.3, 0.4) is 0 Å². The second-order valence-corrected chi connectivity index (χ2v) is 6.60. The van der Waals surface area contributed by atoms with Crippen molar-refractivity contribution in [3.05, 3.63) is 65.5 Å². The van der Waals surface area contributed by atoms with Gasteiger partial charge in [0.15, 0.2) is 0 Å². The van der Waals surface area contributed by atoms with E-state index in [9.17, 15) is 9.59 Å². The molecule has 0 spiro atoms. The zero-order valence-electron chi connectivity index (χ0n) is 14.9. The molecule has 0 saturated carbocycles. The van der Waals surface area contributed by atoms with Crippen LogP contribution in [-0.2, 0) is 9.59 Å². The first-order chi connectivity index (χ1) is 12.9. The second-order valence-electron chi connectivity index (χ2n) is 6.16. The molecular weight excluding hydrogens is 368 g/mol. The first-order valence-corrected chi connectivity index (χ1v) is 8.79. The molecule has 3 rings (SSSR count). The van der Waals surface area contributed by atoms with Crippen LogP contribution in [0.4, 0.5) is 0 Å². The van der Waals surface area contributed by atoms with E-state index in [0.717, 1.165) is 10.6 Å². The number of aliphatic carboxylic acids is 2. The number of carbonyl (C=O) groups is 2. The van der Waals surface area contributed by atoms with Crippen LogP contribution in [0.1, 0.15) is 24.4 Å². The Balaban J connectivity index is 0.000000279. The largest absolute Gasteiger partial charge is 0.478 e. The Bertz CT molecular complexity index is 805. The molecular formula is C20H21ClN2O4. The van der Waals surface area contributed by atoms with Crippen molar-refractivity contribution < 1.29 is 19.8 Å². The fourth-order valence-electron chi connectivity index (χ4n) is 2.91. The molecule has 1 saturated heterocycles.